The first-order valence-electron chi connectivity index (χ1n) is 37.2. The molecule has 0 atom stereocenters. The number of nitrogen functional groups attached to an aromatic ring is 1. The molecular weight excluding hydrogens is 1590 g/mol. The Morgan fingerprint density at radius 2 is 0.648 bits per heavy atom. The fourth-order valence-electron chi connectivity index (χ4n) is 11.0. The summed E-state index contributed by atoms with van der Waals surface area (Å²) in [7, 11) is 8.25. The van der Waals surface area contributed by atoms with Crippen molar-refractivity contribution in [3.8, 4) is 0 Å². The Kier molecular flexibility index (Phi) is 32.2. The average molecular weight is 1670 g/mol. The van der Waals surface area contributed by atoms with E-state index < -0.39 is 5.97 Å². The standard InChI is InChI=1S/C19H22N6O2.C18H19N5O3.C16H14N4O3.C15H12N4O3.C9H11NO2.C7H4ClN3O/c1-24(2)12-11-20-18(26)13-14-7-9-15(10-8-14)21-19-22-16-5-3-4-6-17(16)25(27)23-19;1-26-11-10-19-17(24)12-13-6-8-14(9-7-13)20-18-21-15-4-2-3-5-16(15)23(25)22-18;1-23-15(21)10-11-6-8-12(9-7-11)17-16-18-13-4-2-3-5-14(13)20(22)19-16;20-14(21)9-10-5-7-11(8-6-10)16-15-17-12-3-1-2-4-13(12)19(22)18-15;1-12-9(11)6-7-2-4-8(10)5-3-7;8-7-9-5-3-1-2-4-6(5)11(12)10-7/h3-10H,11-13H2,1-2H3,(H,20,26)(H,21,22,23);2-9H,10-12H2,1H3,(H,19,24)(H,20,21,22);2-9H,10H2,1H3,(H,17,18,19);1-8H,9H2,(H,20,21)(H,16,17,18);2-5H,6,10H2,1H3;1-4H. The summed E-state index contributed by atoms with van der Waals surface area (Å²) in [5.41, 5.74) is 18.1. The number of carbonyl (C=O) groups excluding carboxylic acids is 4. The molecule has 0 radical (unpaired) electrons. The highest BCUT2D eigenvalue weighted by molar-refractivity contribution is 6.28. The second kappa shape index (κ2) is 44.4. The van der Waals surface area contributed by atoms with Crippen LogP contribution in [0.25, 0.3) is 55.2 Å². The SMILES string of the molecule is CN(C)CCNC(=O)Cc1ccc(Nc2nc3ccccc3[n+]([O-])n2)cc1.COC(=O)Cc1ccc(N)cc1.COC(=O)Cc1ccc(Nc2nc3ccccc3[n+]([O-])n2)cc1.COCCNC(=O)Cc1ccc(Nc2nc3ccccc3[n+]([O-])n2)cc1.O=C(O)Cc1ccc(Nc2nc3ccccc3[n+]([O-])n2)cc1.[O-][n+]1nc(Cl)nc2ccccc21. The lowest BCUT2D eigenvalue weighted by Crippen LogP contribution is -2.33. The van der Waals surface area contributed by atoms with Gasteiger partial charge in [0.1, 0.15) is 27.6 Å². The molecule has 0 aliphatic carbocycles. The number of amides is 2. The van der Waals surface area contributed by atoms with Crippen molar-refractivity contribution in [2.24, 2.45) is 0 Å². The third-order valence-corrected chi connectivity index (χ3v) is 17.2. The summed E-state index contributed by atoms with van der Waals surface area (Å²) in [6, 6.07) is 70.6. The predicted octanol–water partition coefficient (Wildman–Crippen LogP) is 7.80. The number of anilines is 9. The van der Waals surface area contributed by atoms with Crippen molar-refractivity contribution in [3.05, 3.63) is 302 Å². The maximum atomic E-state index is 12.0. The highest BCUT2D eigenvalue weighted by atomic mass is 35.5. The Hall–Kier alpha value is -15.9. The van der Waals surface area contributed by atoms with Crippen molar-refractivity contribution in [1.82, 2.24) is 65.9 Å². The van der Waals surface area contributed by atoms with E-state index in [0.29, 0.717) is 135 Å². The molecule has 15 rings (SSSR count). The molecule has 0 spiro atoms. The van der Waals surface area contributed by atoms with E-state index in [-0.39, 0.29) is 72.1 Å². The van der Waals surface area contributed by atoms with Crippen LogP contribution >= 0.6 is 11.6 Å². The second-order valence-electron chi connectivity index (χ2n) is 26.4. The van der Waals surface area contributed by atoms with Crippen LogP contribution in [0.1, 0.15) is 27.8 Å². The molecule has 0 saturated carbocycles. The first-order chi connectivity index (χ1) is 58.9. The molecule has 37 nitrogen and oxygen atoms in total. The summed E-state index contributed by atoms with van der Waals surface area (Å²) in [5.74, 6) is -0.668. The molecule has 0 fully saturated rings. The van der Waals surface area contributed by atoms with Crippen LogP contribution < -0.4 is 61.9 Å². The van der Waals surface area contributed by atoms with E-state index >= 15 is 0 Å². The molecule has 5 heterocycles. The number of methoxy groups -OCH3 is 3. The van der Waals surface area contributed by atoms with Gasteiger partial charge in [-0.25, -0.2) is 24.9 Å². The minimum Gasteiger partial charge on any atom is -0.594 e. The quantitative estimate of drug-likeness (QED) is 0.00940. The van der Waals surface area contributed by atoms with Crippen LogP contribution in [0.5, 0.6) is 0 Å². The molecule has 0 aliphatic rings. The number of benzene rings is 10. The van der Waals surface area contributed by atoms with Crippen LogP contribution in [-0.2, 0) is 70.3 Å². The molecule has 624 valence electrons. The molecular formula is C84H82ClN23O14. The molecule has 5 aromatic heterocycles. The van der Waals surface area contributed by atoms with Crippen LogP contribution in [0.3, 0.4) is 0 Å². The van der Waals surface area contributed by atoms with Crippen LogP contribution in [0.4, 0.5) is 52.2 Å². The van der Waals surface area contributed by atoms with E-state index in [1.807, 2.05) is 91.8 Å². The molecule has 15 aromatic rings. The fraction of sp³-hybridized carbons (Fsp3) is 0.167. The monoisotopic (exact) mass is 1670 g/mol. The van der Waals surface area contributed by atoms with Crippen LogP contribution in [0.15, 0.2) is 243 Å². The lowest BCUT2D eigenvalue weighted by atomic mass is 10.1. The zero-order chi connectivity index (χ0) is 86.9. The highest BCUT2D eigenvalue weighted by Gasteiger charge is 2.17. The lowest BCUT2D eigenvalue weighted by Gasteiger charge is -2.10. The summed E-state index contributed by atoms with van der Waals surface area (Å²) in [6.07, 6.45) is 1.09. The Balaban J connectivity index is 0.000000157. The van der Waals surface area contributed by atoms with Gasteiger partial charge in [0.2, 0.25) is 11.8 Å². The Bertz CT molecular complexity index is 6060. The fourth-order valence-corrected chi connectivity index (χ4v) is 11.2. The van der Waals surface area contributed by atoms with Crippen molar-refractivity contribution in [2.45, 2.75) is 32.1 Å². The van der Waals surface area contributed by atoms with Gasteiger partial charge in [-0.15, -0.1) is 0 Å². The number of carboxylic acids is 1. The number of fused-ring (bicyclic) bond motifs is 5. The highest BCUT2D eigenvalue weighted by Crippen LogP contribution is 2.22. The van der Waals surface area contributed by atoms with Gasteiger partial charge < -0.3 is 87.9 Å². The summed E-state index contributed by atoms with van der Waals surface area (Å²) >= 11 is 5.48. The van der Waals surface area contributed by atoms with Crippen molar-refractivity contribution < 1.29 is 67.5 Å². The van der Waals surface area contributed by atoms with Crippen molar-refractivity contribution in [2.75, 3.05) is 88.7 Å². The number of carbonyl (C=O) groups is 5. The molecule has 0 unspecified atom stereocenters. The number of nitrogens with one attached hydrogen (secondary N) is 6. The maximum Gasteiger partial charge on any atom is 0.309 e. The Morgan fingerprint density at radius 1 is 0.377 bits per heavy atom. The smallest absolute Gasteiger partial charge is 0.309 e. The van der Waals surface area contributed by atoms with Gasteiger partial charge in [-0.2, -0.15) is 0 Å². The van der Waals surface area contributed by atoms with E-state index in [1.165, 1.54) is 14.2 Å². The number of likely N-dealkylation sites (N-methyl/N-ethyl adjacent to an activating group) is 1. The van der Waals surface area contributed by atoms with E-state index in [1.54, 1.807) is 177 Å². The number of hydrogen-bond donors (Lipinski definition) is 8. The van der Waals surface area contributed by atoms with Gasteiger partial charge in [-0.3, -0.25) is 24.0 Å². The first kappa shape index (κ1) is 88.5. The predicted molar refractivity (Wildman–Crippen MR) is 454 cm³/mol. The van der Waals surface area contributed by atoms with Crippen LogP contribution in [0.2, 0.25) is 5.28 Å². The van der Waals surface area contributed by atoms with E-state index in [2.05, 4.69) is 91.8 Å². The normalized spacial score (nSPS) is 10.5. The molecule has 0 aliphatic heterocycles. The van der Waals surface area contributed by atoms with Gasteiger partial charge in [0.25, 0.3) is 56.7 Å². The topological polar surface area (TPSA) is 498 Å². The molecule has 2 amide bonds. The Labute approximate surface area is 701 Å². The zero-order valence-electron chi connectivity index (χ0n) is 66.3. The molecule has 10 aromatic carbocycles. The summed E-state index contributed by atoms with van der Waals surface area (Å²) in [5, 5.41) is 104. The van der Waals surface area contributed by atoms with Gasteiger partial charge in [-0.05, 0) is 169 Å². The van der Waals surface area contributed by atoms with Gasteiger partial charge >= 0.3 is 17.9 Å². The second-order valence-corrected chi connectivity index (χ2v) is 26.7. The number of carboxylic acid groups (broad SMARTS) is 1. The van der Waals surface area contributed by atoms with E-state index in [0.717, 1.165) is 40.2 Å². The largest absolute Gasteiger partial charge is 0.594 e. The number of esters is 2. The number of para-hydroxylation sites is 10. The molecule has 0 bridgehead atoms. The van der Waals surface area contributed by atoms with Gasteiger partial charge in [0.05, 0.1) is 73.3 Å². The minimum atomic E-state index is -0.883. The molecule has 0 saturated heterocycles. The number of nitrogens with two attached hydrogens (primary N) is 1. The number of hydrogen-bond acceptors (Lipinski definition) is 29. The first-order valence-corrected chi connectivity index (χ1v) is 37.6. The molecule has 38 heteroatoms. The summed E-state index contributed by atoms with van der Waals surface area (Å²) in [4.78, 5) is 82.1. The van der Waals surface area contributed by atoms with Gasteiger partial charge in [0, 0.05) is 90.6 Å². The Morgan fingerprint density at radius 3 is 0.943 bits per heavy atom. The third-order valence-electron chi connectivity index (χ3n) is 17.0. The zero-order valence-corrected chi connectivity index (χ0v) is 67.1. The van der Waals surface area contributed by atoms with E-state index in [4.69, 9.17) is 27.2 Å². The number of nitrogens with zero attached hydrogens (tertiary/aromatic N) is 16. The van der Waals surface area contributed by atoms with Crippen LogP contribution in [-0.4, -0.2) is 152 Å². The molecule has 9 N–H and O–H groups in total. The average Bonchev–Trinajstić information content (AvgIpc) is 0.831. The number of rotatable bonds is 24. The van der Waals surface area contributed by atoms with Crippen LogP contribution in [0, 0.1) is 26.0 Å². The number of aromatic nitrogens is 15. The van der Waals surface area contributed by atoms with E-state index in [9.17, 15) is 50.0 Å². The van der Waals surface area contributed by atoms with Crippen molar-refractivity contribution in [1.29, 1.82) is 0 Å². The summed E-state index contributed by atoms with van der Waals surface area (Å²) < 4.78 is 14.0. The molecule has 122 heavy (non-hydrogen) atoms. The van der Waals surface area contributed by atoms with Gasteiger partial charge in [-0.1, -0.05) is 121 Å². The van der Waals surface area contributed by atoms with Crippen molar-refractivity contribution in [3.63, 3.8) is 0 Å². The van der Waals surface area contributed by atoms with Gasteiger partial charge in [0.15, 0.2) is 0 Å². The lowest BCUT2D eigenvalue weighted by molar-refractivity contribution is -0.643. The number of ether oxygens (including phenoxy) is 3. The third kappa shape index (κ3) is 27.6. The van der Waals surface area contributed by atoms with Crippen molar-refractivity contribution >= 4 is 149 Å². The number of halogens is 1. The minimum absolute atomic E-state index is 0.0113. The number of aliphatic carboxylic acids is 1. The summed E-state index contributed by atoms with van der Waals surface area (Å²) in [6.45, 7) is 2.41. The maximum absolute atomic E-state index is 12.0.